The molecule has 1 heterocycles. The number of hydrogen-bond acceptors (Lipinski definition) is 1. The molecule has 1 rings (SSSR count). The highest BCUT2D eigenvalue weighted by atomic mass is 14.9. The van der Waals surface area contributed by atoms with Gasteiger partial charge in [-0.05, 0) is 12.5 Å². The monoisotopic (exact) mass is 149 g/mol. The molecule has 0 saturated carbocycles. The molecule has 0 aliphatic carbocycles. The molecule has 58 valence electrons. The van der Waals surface area contributed by atoms with Gasteiger partial charge < -0.3 is 5.41 Å². The van der Waals surface area contributed by atoms with Crippen molar-refractivity contribution < 1.29 is 4.57 Å². The Morgan fingerprint density at radius 1 is 1.36 bits per heavy atom. The highest BCUT2D eigenvalue weighted by molar-refractivity contribution is 5.72. The van der Waals surface area contributed by atoms with Crippen LogP contribution in [-0.2, 0) is 7.05 Å². The highest BCUT2D eigenvalue weighted by Gasteiger charge is 2.06. The molecule has 0 fully saturated rings. The van der Waals surface area contributed by atoms with E-state index < -0.39 is 0 Å². The molecule has 0 aliphatic heterocycles. The third-order valence-corrected chi connectivity index (χ3v) is 1.88. The van der Waals surface area contributed by atoms with Gasteiger partial charge in [0, 0.05) is 19.1 Å². The maximum Gasteiger partial charge on any atom is 0.223 e. The quantitative estimate of drug-likeness (QED) is 0.458. The van der Waals surface area contributed by atoms with Gasteiger partial charge in [0.1, 0.15) is 7.05 Å². The Kier molecular flexibility index (Phi) is 2.03. The van der Waals surface area contributed by atoms with Crippen molar-refractivity contribution in [3.05, 3.63) is 29.1 Å². The Morgan fingerprint density at radius 2 is 2.00 bits per heavy atom. The van der Waals surface area contributed by atoms with Crippen LogP contribution in [0, 0.1) is 19.3 Å². The van der Waals surface area contributed by atoms with E-state index in [2.05, 4.69) is 6.07 Å². The second kappa shape index (κ2) is 2.82. The number of nitrogens with one attached hydrogen (secondary N) is 1. The summed E-state index contributed by atoms with van der Waals surface area (Å²) in [6.45, 7) is 4.08. The normalized spacial score (nSPS) is 9.73. The predicted molar refractivity (Wildman–Crippen MR) is 45.0 cm³/mol. The Labute approximate surface area is 67.0 Å². The van der Waals surface area contributed by atoms with Crippen LogP contribution in [0.1, 0.15) is 17.0 Å². The van der Waals surface area contributed by atoms with Gasteiger partial charge in [0.15, 0.2) is 5.69 Å². The zero-order chi connectivity index (χ0) is 8.43. The van der Waals surface area contributed by atoms with Crippen LogP contribution in [0.5, 0.6) is 0 Å². The number of nitrogens with zero attached hydrogens (tertiary/aromatic N) is 1. The molecule has 11 heavy (non-hydrogen) atoms. The molecule has 2 heteroatoms. The molecule has 0 amide bonds. The van der Waals surface area contributed by atoms with Crippen LogP contribution in [0.2, 0.25) is 0 Å². The van der Waals surface area contributed by atoms with Gasteiger partial charge in [-0.2, -0.15) is 4.57 Å². The standard InChI is InChI=1S/C9H13N2/c1-7-4-8(2)11(3)9(5-7)6-10/h4-6,10H,1-3H3/q+1. The summed E-state index contributed by atoms with van der Waals surface area (Å²) in [5.74, 6) is 0. The lowest BCUT2D eigenvalue weighted by molar-refractivity contribution is -0.678. The molecule has 0 saturated heterocycles. The summed E-state index contributed by atoms with van der Waals surface area (Å²) in [6.07, 6.45) is 1.38. The maximum absolute atomic E-state index is 7.13. The summed E-state index contributed by atoms with van der Waals surface area (Å²) in [5.41, 5.74) is 3.34. The minimum absolute atomic E-state index is 0.947. The van der Waals surface area contributed by atoms with E-state index in [1.54, 1.807) is 0 Å². The fraction of sp³-hybridized carbons (Fsp3) is 0.333. The van der Waals surface area contributed by atoms with Gasteiger partial charge in [0.05, 0.1) is 6.21 Å². The molecule has 1 N–H and O–H groups in total. The number of pyridine rings is 1. The third kappa shape index (κ3) is 1.45. The topological polar surface area (TPSA) is 27.7 Å². The molecule has 0 bridgehead atoms. The molecular formula is C9H13N2+. The Bertz CT molecular complexity index is 290. The summed E-state index contributed by atoms with van der Waals surface area (Å²) in [4.78, 5) is 0. The molecule has 0 aromatic carbocycles. The van der Waals surface area contributed by atoms with Gasteiger partial charge in [-0.3, -0.25) is 0 Å². The van der Waals surface area contributed by atoms with Crippen LogP contribution in [0.15, 0.2) is 12.1 Å². The Balaban J connectivity index is 3.35. The van der Waals surface area contributed by atoms with E-state index in [0.29, 0.717) is 0 Å². The third-order valence-electron chi connectivity index (χ3n) is 1.88. The predicted octanol–water partition coefficient (Wildman–Crippen LogP) is 1.13. The average molecular weight is 149 g/mol. The van der Waals surface area contributed by atoms with Crippen molar-refractivity contribution in [2.45, 2.75) is 13.8 Å². The fourth-order valence-corrected chi connectivity index (χ4v) is 1.14. The van der Waals surface area contributed by atoms with Crippen LogP contribution >= 0.6 is 0 Å². The number of aryl methyl sites for hydroxylation is 2. The minimum atomic E-state index is 0.947. The Morgan fingerprint density at radius 3 is 2.55 bits per heavy atom. The molecule has 1 aromatic rings. The van der Waals surface area contributed by atoms with Crippen molar-refractivity contribution in [2.75, 3.05) is 0 Å². The first-order valence-corrected chi connectivity index (χ1v) is 3.63. The molecule has 2 nitrogen and oxygen atoms in total. The lowest BCUT2D eigenvalue weighted by Gasteiger charge is -1.98. The van der Waals surface area contributed by atoms with E-state index in [-0.39, 0.29) is 0 Å². The summed E-state index contributed by atoms with van der Waals surface area (Å²) >= 11 is 0. The van der Waals surface area contributed by atoms with E-state index in [1.807, 2.05) is 31.5 Å². The van der Waals surface area contributed by atoms with E-state index in [1.165, 1.54) is 17.5 Å². The largest absolute Gasteiger partial charge is 0.302 e. The molecular weight excluding hydrogens is 136 g/mol. The fourth-order valence-electron chi connectivity index (χ4n) is 1.14. The maximum atomic E-state index is 7.13. The number of hydrogen-bond donors (Lipinski definition) is 1. The van der Waals surface area contributed by atoms with Crippen LogP contribution in [0.4, 0.5) is 0 Å². The molecule has 0 atom stereocenters. The van der Waals surface area contributed by atoms with Gasteiger partial charge >= 0.3 is 0 Å². The van der Waals surface area contributed by atoms with E-state index in [0.717, 1.165) is 5.69 Å². The van der Waals surface area contributed by atoms with Crippen molar-refractivity contribution in [2.24, 2.45) is 7.05 Å². The molecule has 0 radical (unpaired) electrons. The lowest BCUT2D eigenvalue weighted by Crippen LogP contribution is -2.36. The first kappa shape index (κ1) is 7.92. The summed E-state index contributed by atoms with van der Waals surface area (Å²) in [6, 6.07) is 4.10. The second-order valence-corrected chi connectivity index (χ2v) is 2.80. The summed E-state index contributed by atoms with van der Waals surface area (Å²) < 4.78 is 2.00. The van der Waals surface area contributed by atoms with Crippen LogP contribution in [0.3, 0.4) is 0 Å². The van der Waals surface area contributed by atoms with Crippen LogP contribution in [0.25, 0.3) is 0 Å². The van der Waals surface area contributed by atoms with Crippen molar-refractivity contribution >= 4 is 6.21 Å². The number of aromatic nitrogens is 1. The van der Waals surface area contributed by atoms with Crippen molar-refractivity contribution in [1.82, 2.24) is 0 Å². The van der Waals surface area contributed by atoms with E-state index in [4.69, 9.17) is 5.41 Å². The Hall–Kier alpha value is -1.18. The zero-order valence-corrected chi connectivity index (χ0v) is 7.18. The molecule has 0 spiro atoms. The van der Waals surface area contributed by atoms with Gasteiger partial charge in [-0.1, -0.05) is 0 Å². The van der Waals surface area contributed by atoms with Gasteiger partial charge in [0.2, 0.25) is 5.69 Å². The van der Waals surface area contributed by atoms with Gasteiger partial charge in [0.25, 0.3) is 0 Å². The highest BCUT2D eigenvalue weighted by Crippen LogP contribution is 1.99. The van der Waals surface area contributed by atoms with Gasteiger partial charge in [-0.15, -0.1) is 0 Å². The molecule has 0 unspecified atom stereocenters. The average Bonchev–Trinajstić information content (AvgIpc) is 1.96. The van der Waals surface area contributed by atoms with E-state index >= 15 is 0 Å². The van der Waals surface area contributed by atoms with Crippen molar-refractivity contribution in [3.8, 4) is 0 Å². The van der Waals surface area contributed by atoms with Gasteiger partial charge in [-0.25, -0.2) is 0 Å². The molecule has 0 aliphatic rings. The summed E-state index contributed by atoms with van der Waals surface area (Å²) in [5, 5.41) is 7.13. The van der Waals surface area contributed by atoms with E-state index in [9.17, 15) is 0 Å². The second-order valence-electron chi connectivity index (χ2n) is 2.80. The van der Waals surface area contributed by atoms with Crippen LogP contribution < -0.4 is 4.57 Å². The summed E-state index contributed by atoms with van der Waals surface area (Å²) in [7, 11) is 1.97. The first-order chi connectivity index (χ1) is 5.15. The van der Waals surface area contributed by atoms with Crippen molar-refractivity contribution in [1.29, 1.82) is 5.41 Å². The molecule has 1 aromatic heterocycles. The minimum Gasteiger partial charge on any atom is -0.302 e. The lowest BCUT2D eigenvalue weighted by atomic mass is 10.2. The first-order valence-electron chi connectivity index (χ1n) is 3.63. The SMILES string of the molecule is Cc1cc(C)[n+](C)c(C=N)c1. The number of rotatable bonds is 1. The van der Waals surface area contributed by atoms with Crippen LogP contribution in [-0.4, -0.2) is 6.21 Å². The van der Waals surface area contributed by atoms with Crippen molar-refractivity contribution in [3.63, 3.8) is 0 Å². The zero-order valence-electron chi connectivity index (χ0n) is 7.18. The smallest absolute Gasteiger partial charge is 0.223 e.